The highest BCUT2D eigenvalue weighted by Gasteiger charge is 2.25. The van der Waals surface area contributed by atoms with Crippen molar-refractivity contribution < 1.29 is 28.7 Å². The minimum atomic E-state index is -1.82. The quantitative estimate of drug-likeness (QED) is 0.518. The number of thiophene rings is 1. The summed E-state index contributed by atoms with van der Waals surface area (Å²) in [6.45, 7) is 4.29. The van der Waals surface area contributed by atoms with E-state index in [-0.39, 0.29) is 5.82 Å². The first-order valence-corrected chi connectivity index (χ1v) is 11.5. The number of nitrogens with zero attached hydrogens (tertiary/aromatic N) is 3. The molecule has 1 fully saturated rings. The van der Waals surface area contributed by atoms with E-state index in [0.717, 1.165) is 56.5 Å². The third kappa shape index (κ3) is 7.08. The van der Waals surface area contributed by atoms with E-state index in [1.54, 1.807) is 6.07 Å². The topological polar surface area (TPSA) is 107 Å². The van der Waals surface area contributed by atoms with Gasteiger partial charge < -0.3 is 24.5 Å². The molecule has 1 saturated heterocycles. The van der Waals surface area contributed by atoms with Gasteiger partial charge in [-0.2, -0.15) is 0 Å². The molecule has 1 aromatic carbocycles. The molecular formula is C23H28FN3O5S. The Bertz CT molecular complexity index is 1080. The van der Waals surface area contributed by atoms with E-state index < -0.39 is 11.9 Å². The highest BCUT2D eigenvalue weighted by molar-refractivity contribution is 7.11. The van der Waals surface area contributed by atoms with Crippen LogP contribution in [0.1, 0.15) is 34.2 Å². The number of hydrogen-bond donors (Lipinski definition) is 2. The van der Waals surface area contributed by atoms with Gasteiger partial charge in [0.05, 0.1) is 5.69 Å². The lowest BCUT2D eigenvalue weighted by Gasteiger charge is -2.31. The van der Waals surface area contributed by atoms with Crippen LogP contribution in [-0.2, 0) is 22.6 Å². The first-order valence-electron chi connectivity index (χ1n) is 10.7. The number of aromatic nitrogens is 1. The molecule has 0 unspecified atom stereocenters. The van der Waals surface area contributed by atoms with Crippen LogP contribution in [-0.4, -0.2) is 70.8 Å². The first-order chi connectivity index (χ1) is 15.7. The zero-order chi connectivity index (χ0) is 24.0. The number of carbonyl (C=O) groups is 2. The predicted octanol–water partition coefficient (Wildman–Crippen LogP) is 3.67. The van der Waals surface area contributed by atoms with E-state index in [2.05, 4.69) is 41.2 Å². The summed E-state index contributed by atoms with van der Waals surface area (Å²) in [6, 6.07) is 9.24. The largest absolute Gasteiger partial charge is 0.473 e. The summed E-state index contributed by atoms with van der Waals surface area (Å²) in [5.41, 5.74) is 1.55. The molecule has 33 heavy (non-hydrogen) atoms. The summed E-state index contributed by atoms with van der Waals surface area (Å²) in [7, 11) is 4.22. The van der Waals surface area contributed by atoms with Crippen LogP contribution in [0, 0.1) is 5.82 Å². The molecule has 0 amide bonds. The van der Waals surface area contributed by atoms with Crippen molar-refractivity contribution in [3.63, 3.8) is 0 Å². The Kier molecular flexibility index (Phi) is 8.54. The van der Waals surface area contributed by atoms with E-state index in [1.165, 1.54) is 21.9 Å². The fourth-order valence-corrected chi connectivity index (χ4v) is 5.00. The second-order valence-electron chi connectivity index (χ2n) is 8.29. The van der Waals surface area contributed by atoms with Gasteiger partial charge in [0.15, 0.2) is 5.58 Å². The van der Waals surface area contributed by atoms with E-state index in [4.69, 9.17) is 24.3 Å². The normalized spacial score (nSPS) is 14.9. The summed E-state index contributed by atoms with van der Waals surface area (Å²) >= 11 is 1.93. The van der Waals surface area contributed by atoms with Gasteiger partial charge in [-0.05, 0) is 70.7 Å². The Morgan fingerprint density at radius 3 is 2.45 bits per heavy atom. The van der Waals surface area contributed by atoms with Crippen molar-refractivity contribution in [1.82, 2.24) is 15.0 Å². The van der Waals surface area contributed by atoms with Crippen LogP contribution in [0.25, 0.3) is 11.0 Å². The molecule has 10 heteroatoms. The minimum absolute atomic E-state index is 0.276. The molecule has 3 aromatic rings. The number of aliphatic carboxylic acids is 2. The van der Waals surface area contributed by atoms with Gasteiger partial charge in [0.1, 0.15) is 5.82 Å². The second-order valence-corrected chi connectivity index (χ2v) is 9.54. The van der Waals surface area contributed by atoms with Crippen molar-refractivity contribution >= 4 is 34.2 Å². The molecule has 1 aliphatic heterocycles. The van der Waals surface area contributed by atoms with Crippen molar-refractivity contribution in [3.05, 3.63) is 51.6 Å². The molecule has 0 atom stereocenters. The molecule has 3 heterocycles. The van der Waals surface area contributed by atoms with E-state index >= 15 is 0 Å². The average molecular weight is 478 g/mol. The van der Waals surface area contributed by atoms with Gasteiger partial charge in [0.25, 0.3) is 0 Å². The van der Waals surface area contributed by atoms with Crippen molar-refractivity contribution in [2.24, 2.45) is 0 Å². The smallest absolute Gasteiger partial charge is 0.414 e. The number of halogens is 1. The highest BCUT2D eigenvalue weighted by atomic mass is 32.1. The monoisotopic (exact) mass is 477 g/mol. The zero-order valence-electron chi connectivity index (χ0n) is 18.7. The molecule has 178 valence electrons. The lowest BCUT2D eigenvalue weighted by atomic mass is 9.91. The van der Waals surface area contributed by atoms with E-state index in [0.29, 0.717) is 11.5 Å². The van der Waals surface area contributed by atoms with Crippen LogP contribution in [0.5, 0.6) is 0 Å². The minimum Gasteiger partial charge on any atom is -0.473 e. The Morgan fingerprint density at radius 2 is 1.82 bits per heavy atom. The number of rotatable bonds is 6. The van der Waals surface area contributed by atoms with Crippen LogP contribution in [0.15, 0.2) is 34.9 Å². The van der Waals surface area contributed by atoms with Crippen molar-refractivity contribution in [3.8, 4) is 0 Å². The van der Waals surface area contributed by atoms with Gasteiger partial charge in [-0.1, -0.05) is 5.16 Å². The average Bonchev–Trinajstić information content (AvgIpc) is 3.39. The number of piperidine rings is 1. The Morgan fingerprint density at radius 1 is 1.15 bits per heavy atom. The summed E-state index contributed by atoms with van der Waals surface area (Å²) < 4.78 is 18.7. The van der Waals surface area contributed by atoms with Crippen LogP contribution in [0.4, 0.5) is 4.39 Å². The standard InChI is InChI=1S/C21H26FN3OS.C2H2O4/c1-24(2)14-18-5-4-17(27-18)9-12-25-10-7-15(8-11-25)21-19-6-3-16(22)13-20(19)26-23-21;3-1(4)2(5)6/h3-6,13,15H,7-12,14H2,1-2H3;(H,3,4)(H,5,6). The number of carboxylic acids is 2. The van der Waals surface area contributed by atoms with Crippen molar-refractivity contribution in [2.45, 2.75) is 31.7 Å². The van der Waals surface area contributed by atoms with E-state index in [1.807, 2.05) is 11.3 Å². The van der Waals surface area contributed by atoms with Gasteiger partial charge in [0, 0.05) is 40.2 Å². The number of likely N-dealkylation sites (tertiary alicyclic amines) is 1. The number of benzene rings is 1. The summed E-state index contributed by atoms with van der Waals surface area (Å²) in [6.07, 6.45) is 3.28. The second kappa shape index (κ2) is 11.4. The molecule has 1 aliphatic rings. The predicted molar refractivity (Wildman–Crippen MR) is 123 cm³/mol. The van der Waals surface area contributed by atoms with Gasteiger partial charge in [-0.3, -0.25) is 0 Å². The van der Waals surface area contributed by atoms with Gasteiger partial charge in [0.2, 0.25) is 0 Å². The molecule has 2 N–H and O–H groups in total. The van der Waals surface area contributed by atoms with Crippen LogP contribution in [0.3, 0.4) is 0 Å². The maximum atomic E-state index is 13.3. The Balaban J connectivity index is 0.000000454. The number of carboxylic acid groups (broad SMARTS) is 2. The van der Waals surface area contributed by atoms with Crippen molar-refractivity contribution in [1.29, 1.82) is 0 Å². The van der Waals surface area contributed by atoms with Gasteiger partial charge in [-0.15, -0.1) is 11.3 Å². The molecule has 0 aliphatic carbocycles. The number of hydrogen-bond acceptors (Lipinski definition) is 7. The third-order valence-corrected chi connectivity index (χ3v) is 6.61. The molecule has 8 nitrogen and oxygen atoms in total. The maximum absolute atomic E-state index is 13.3. The molecule has 2 aromatic heterocycles. The van der Waals surface area contributed by atoms with Crippen LogP contribution in [0.2, 0.25) is 0 Å². The van der Waals surface area contributed by atoms with E-state index in [9.17, 15) is 4.39 Å². The number of fused-ring (bicyclic) bond motifs is 1. The molecule has 4 rings (SSSR count). The maximum Gasteiger partial charge on any atom is 0.414 e. The summed E-state index contributed by atoms with van der Waals surface area (Å²) in [5, 5.41) is 20.0. The highest BCUT2D eigenvalue weighted by Crippen LogP contribution is 2.33. The fourth-order valence-electron chi connectivity index (χ4n) is 3.88. The first kappa shape index (κ1) is 24.8. The van der Waals surface area contributed by atoms with Crippen LogP contribution < -0.4 is 0 Å². The molecule has 0 bridgehead atoms. The lowest BCUT2D eigenvalue weighted by Crippen LogP contribution is -2.34. The van der Waals surface area contributed by atoms with Gasteiger partial charge >= 0.3 is 11.9 Å². The zero-order valence-corrected chi connectivity index (χ0v) is 19.5. The molecule has 0 spiro atoms. The molecule has 0 radical (unpaired) electrons. The van der Waals surface area contributed by atoms with Crippen molar-refractivity contribution in [2.75, 3.05) is 33.7 Å². The Hall–Kier alpha value is -2.82. The molecular weight excluding hydrogens is 449 g/mol. The SMILES string of the molecule is CN(C)Cc1ccc(CCN2CCC(c3noc4cc(F)ccc34)CC2)s1.O=C(O)C(=O)O. The fraction of sp³-hybridized carbons (Fsp3) is 0.435. The summed E-state index contributed by atoms with van der Waals surface area (Å²) in [4.78, 5) is 25.9. The molecule has 0 saturated carbocycles. The van der Waals surface area contributed by atoms with Crippen LogP contribution >= 0.6 is 11.3 Å². The third-order valence-electron chi connectivity index (χ3n) is 5.48. The Labute approximate surface area is 195 Å². The lowest BCUT2D eigenvalue weighted by molar-refractivity contribution is -0.159. The summed E-state index contributed by atoms with van der Waals surface area (Å²) in [5.74, 6) is -3.52. The van der Waals surface area contributed by atoms with Gasteiger partial charge in [-0.25, -0.2) is 14.0 Å².